The van der Waals surface area contributed by atoms with Crippen LogP contribution in [0, 0.1) is 25.2 Å². The van der Waals surface area contributed by atoms with Gasteiger partial charge >= 0.3 is 0 Å². The van der Waals surface area contributed by atoms with Crippen LogP contribution in [0.15, 0.2) is 59.3 Å². The zero-order valence-electron chi connectivity index (χ0n) is 13.5. The molecule has 0 saturated heterocycles. The highest BCUT2D eigenvalue weighted by Gasteiger charge is 2.11. The molecule has 1 aromatic carbocycles. The van der Waals surface area contributed by atoms with E-state index in [0.717, 1.165) is 32.7 Å². The number of aryl methyl sites for hydroxylation is 1. The van der Waals surface area contributed by atoms with Crippen LogP contribution in [0.25, 0.3) is 17.3 Å². The maximum absolute atomic E-state index is 9.57. The lowest BCUT2D eigenvalue weighted by atomic mass is 10.0. The van der Waals surface area contributed by atoms with E-state index < -0.39 is 0 Å². The second kappa shape index (κ2) is 6.86. The monoisotopic (exact) mass is 377 g/mol. The lowest BCUT2D eigenvalue weighted by Crippen LogP contribution is -1.99. The van der Waals surface area contributed by atoms with E-state index in [1.165, 1.54) is 0 Å². The molecule has 118 valence electrons. The normalized spacial score (nSPS) is 11.3. The smallest absolute Gasteiger partial charge is 0.0998 e. The number of aromatic nitrogens is 2. The fraction of sp³-hybridized carbons (Fsp3) is 0.100. The number of nitrogens with zero attached hydrogens (tertiary/aromatic N) is 3. The first-order valence-corrected chi connectivity index (χ1v) is 8.36. The van der Waals surface area contributed by atoms with Gasteiger partial charge in [0.2, 0.25) is 0 Å². The molecule has 0 fully saturated rings. The Morgan fingerprint density at radius 1 is 1.21 bits per heavy atom. The summed E-state index contributed by atoms with van der Waals surface area (Å²) in [5.41, 5.74) is 5.79. The molecule has 3 aromatic rings. The maximum Gasteiger partial charge on any atom is 0.0998 e. The largest absolute Gasteiger partial charge is 0.316 e. The topological polar surface area (TPSA) is 41.6 Å². The standard InChI is InChI=1S/C20H16BrN3/c1-14-9-17(15(2)24(14)20-7-4-8-23-13-20)10-18(12-22)16-5-3-6-19(21)11-16/h3-11,13H,1-2H3/b18-10-. The van der Waals surface area contributed by atoms with Gasteiger partial charge in [0.15, 0.2) is 0 Å². The van der Waals surface area contributed by atoms with Crippen LogP contribution >= 0.6 is 15.9 Å². The van der Waals surface area contributed by atoms with Gasteiger partial charge in [0, 0.05) is 22.1 Å². The van der Waals surface area contributed by atoms with E-state index >= 15 is 0 Å². The van der Waals surface area contributed by atoms with Crippen molar-refractivity contribution >= 4 is 27.6 Å². The predicted molar refractivity (Wildman–Crippen MR) is 101 cm³/mol. The van der Waals surface area contributed by atoms with E-state index in [-0.39, 0.29) is 0 Å². The Hall–Kier alpha value is -2.64. The zero-order valence-corrected chi connectivity index (χ0v) is 15.1. The van der Waals surface area contributed by atoms with E-state index in [1.54, 1.807) is 6.20 Å². The van der Waals surface area contributed by atoms with Gasteiger partial charge in [-0.1, -0.05) is 28.1 Å². The molecule has 0 bridgehead atoms. The van der Waals surface area contributed by atoms with E-state index in [0.29, 0.717) is 5.57 Å². The third-order valence-corrected chi connectivity index (χ3v) is 4.42. The molecule has 0 radical (unpaired) electrons. The Morgan fingerprint density at radius 3 is 2.71 bits per heavy atom. The fourth-order valence-electron chi connectivity index (χ4n) is 2.81. The Bertz CT molecular complexity index is 947. The average Bonchev–Trinajstić information content (AvgIpc) is 2.87. The molecule has 2 heterocycles. The van der Waals surface area contributed by atoms with Crippen LogP contribution in [0.3, 0.4) is 0 Å². The van der Waals surface area contributed by atoms with E-state index in [4.69, 9.17) is 0 Å². The molecule has 3 rings (SSSR count). The van der Waals surface area contributed by atoms with Crippen molar-refractivity contribution in [1.82, 2.24) is 9.55 Å². The number of pyridine rings is 1. The van der Waals surface area contributed by atoms with Gasteiger partial charge in [-0.3, -0.25) is 4.98 Å². The number of nitriles is 1. The van der Waals surface area contributed by atoms with Gasteiger partial charge in [-0.15, -0.1) is 0 Å². The van der Waals surface area contributed by atoms with Crippen molar-refractivity contribution in [2.45, 2.75) is 13.8 Å². The summed E-state index contributed by atoms with van der Waals surface area (Å²) >= 11 is 3.46. The second-order valence-corrected chi connectivity index (χ2v) is 6.47. The molecule has 24 heavy (non-hydrogen) atoms. The molecule has 0 unspecified atom stereocenters. The van der Waals surface area contributed by atoms with Gasteiger partial charge in [0.1, 0.15) is 0 Å². The summed E-state index contributed by atoms with van der Waals surface area (Å²) in [6.45, 7) is 4.12. The highest BCUT2D eigenvalue weighted by atomic mass is 79.9. The number of hydrogen-bond donors (Lipinski definition) is 0. The van der Waals surface area contributed by atoms with Crippen molar-refractivity contribution in [3.63, 3.8) is 0 Å². The van der Waals surface area contributed by atoms with Crippen molar-refractivity contribution in [2.24, 2.45) is 0 Å². The van der Waals surface area contributed by atoms with Crippen molar-refractivity contribution in [2.75, 3.05) is 0 Å². The zero-order chi connectivity index (χ0) is 17.1. The minimum Gasteiger partial charge on any atom is -0.316 e. The summed E-state index contributed by atoms with van der Waals surface area (Å²) in [5.74, 6) is 0. The lowest BCUT2D eigenvalue weighted by molar-refractivity contribution is 0.954. The Morgan fingerprint density at radius 2 is 2.04 bits per heavy atom. The van der Waals surface area contributed by atoms with Crippen LogP contribution in [0.5, 0.6) is 0 Å². The summed E-state index contributed by atoms with van der Waals surface area (Å²) in [5, 5.41) is 9.57. The fourth-order valence-corrected chi connectivity index (χ4v) is 3.21. The summed E-state index contributed by atoms with van der Waals surface area (Å²) in [4.78, 5) is 4.19. The highest BCUT2D eigenvalue weighted by Crippen LogP contribution is 2.26. The SMILES string of the molecule is Cc1cc(/C=C(/C#N)c2cccc(Br)c2)c(C)n1-c1cccnc1. The predicted octanol–water partition coefficient (Wildman–Crippen LogP) is 5.32. The highest BCUT2D eigenvalue weighted by molar-refractivity contribution is 9.10. The van der Waals surface area contributed by atoms with Crippen molar-refractivity contribution in [3.05, 3.63) is 81.8 Å². The van der Waals surface area contributed by atoms with E-state index in [1.807, 2.05) is 48.7 Å². The minimum atomic E-state index is 0.641. The van der Waals surface area contributed by atoms with Crippen molar-refractivity contribution in [3.8, 4) is 11.8 Å². The molecule has 0 spiro atoms. The molecule has 0 atom stereocenters. The number of hydrogen-bond acceptors (Lipinski definition) is 2. The first-order valence-electron chi connectivity index (χ1n) is 7.57. The number of halogens is 1. The molecule has 4 heteroatoms. The third kappa shape index (κ3) is 3.17. The molecule has 0 aliphatic rings. The maximum atomic E-state index is 9.57. The van der Waals surface area contributed by atoms with Crippen molar-refractivity contribution < 1.29 is 0 Å². The molecule has 3 nitrogen and oxygen atoms in total. The van der Waals surface area contributed by atoms with Gasteiger partial charge < -0.3 is 4.57 Å². The van der Waals surface area contributed by atoms with E-state index in [9.17, 15) is 5.26 Å². The lowest BCUT2D eigenvalue weighted by Gasteiger charge is -2.08. The average molecular weight is 378 g/mol. The van der Waals surface area contributed by atoms with Crippen molar-refractivity contribution in [1.29, 1.82) is 5.26 Å². The van der Waals surface area contributed by atoms with E-state index in [2.05, 4.69) is 51.5 Å². The second-order valence-electron chi connectivity index (χ2n) is 5.55. The molecule has 0 aliphatic heterocycles. The quantitative estimate of drug-likeness (QED) is 0.579. The summed E-state index contributed by atoms with van der Waals surface area (Å²) < 4.78 is 3.11. The van der Waals surface area contributed by atoms with Crippen LogP contribution in [0.2, 0.25) is 0 Å². The number of rotatable bonds is 3. The molecular formula is C20H16BrN3. The summed E-state index contributed by atoms with van der Waals surface area (Å²) in [6.07, 6.45) is 5.55. The first-order chi connectivity index (χ1) is 11.6. The Kier molecular flexibility index (Phi) is 4.64. The van der Waals surface area contributed by atoms with Gasteiger partial charge in [0.25, 0.3) is 0 Å². The molecule has 0 amide bonds. The van der Waals surface area contributed by atoms with Crippen LogP contribution in [-0.2, 0) is 0 Å². The molecule has 0 saturated carbocycles. The van der Waals surface area contributed by atoms with Gasteiger partial charge in [-0.25, -0.2) is 0 Å². The van der Waals surface area contributed by atoms with Crippen LogP contribution in [-0.4, -0.2) is 9.55 Å². The van der Waals surface area contributed by atoms with Gasteiger partial charge in [-0.2, -0.15) is 5.26 Å². The Balaban J connectivity index is 2.09. The molecule has 0 N–H and O–H groups in total. The molecule has 0 aliphatic carbocycles. The van der Waals surface area contributed by atoms with Crippen LogP contribution < -0.4 is 0 Å². The Labute approximate surface area is 150 Å². The van der Waals surface area contributed by atoms with Gasteiger partial charge in [0.05, 0.1) is 23.5 Å². The van der Waals surface area contributed by atoms with Crippen LogP contribution in [0.1, 0.15) is 22.5 Å². The van der Waals surface area contributed by atoms with Crippen LogP contribution in [0.4, 0.5) is 0 Å². The minimum absolute atomic E-state index is 0.641. The number of benzene rings is 1. The molecule has 2 aromatic heterocycles. The molecular weight excluding hydrogens is 362 g/mol. The number of allylic oxidation sites excluding steroid dienone is 1. The summed E-state index contributed by atoms with van der Waals surface area (Å²) in [7, 11) is 0. The first kappa shape index (κ1) is 16.2. The van der Waals surface area contributed by atoms with Gasteiger partial charge in [-0.05, 0) is 61.4 Å². The third-order valence-electron chi connectivity index (χ3n) is 3.93. The summed E-state index contributed by atoms with van der Waals surface area (Å²) in [6, 6.07) is 16.1.